The van der Waals surface area contributed by atoms with Gasteiger partial charge in [-0.3, -0.25) is 14.3 Å². The van der Waals surface area contributed by atoms with E-state index in [4.69, 9.17) is 10.5 Å². The van der Waals surface area contributed by atoms with Crippen LogP contribution in [0, 0.1) is 0 Å². The molecule has 25 heavy (non-hydrogen) atoms. The average Bonchev–Trinajstić information content (AvgIpc) is 3.11. The minimum absolute atomic E-state index is 0.148. The number of ether oxygens (including phenoxy) is 1. The van der Waals surface area contributed by atoms with Crippen LogP contribution in [0.25, 0.3) is 0 Å². The second-order valence-electron chi connectivity index (χ2n) is 7.22. The Morgan fingerprint density at radius 2 is 2.20 bits per heavy atom. The monoisotopic (exact) mass is 342 g/mol. The zero-order chi connectivity index (χ0) is 18.2. The van der Waals surface area contributed by atoms with Gasteiger partial charge in [-0.2, -0.15) is 5.10 Å². The number of aromatic nitrogens is 2. The summed E-state index contributed by atoms with van der Waals surface area (Å²) >= 11 is 0. The lowest BCUT2D eigenvalue weighted by Crippen LogP contribution is -2.57. The third kappa shape index (κ3) is 3.50. The first kappa shape index (κ1) is 17.0. The maximum Gasteiger partial charge on any atom is 0.252 e. The van der Waals surface area contributed by atoms with Crippen molar-refractivity contribution in [3.05, 3.63) is 47.8 Å². The Bertz CT molecular complexity index is 814. The standard InChI is InChI=1S/C18H22N4O3/c1-17(2)10-13-6-5-12(9-14(13)25-17)15(23)21-18(3,16(19)24)11-22-8-4-7-20-22/h4-9H,10-11H2,1-3H3,(H2,19,24)(H,21,23). The van der Waals surface area contributed by atoms with Gasteiger partial charge in [0, 0.05) is 24.4 Å². The van der Waals surface area contributed by atoms with Crippen LogP contribution in [0.1, 0.15) is 36.7 Å². The number of rotatable bonds is 5. The minimum atomic E-state index is -1.26. The molecule has 0 radical (unpaired) electrons. The molecule has 1 atom stereocenters. The van der Waals surface area contributed by atoms with Crippen molar-refractivity contribution >= 4 is 11.8 Å². The number of primary amides is 1. The largest absolute Gasteiger partial charge is 0.487 e. The summed E-state index contributed by atoms with van der Waals surface area (Å²) in [6, 6.07) is 7.06. The van der Waals surface area contributed by atoms with Crippen molar-refractivity contribution in [3.63, 3.8) is 0 Å². The molecule has 0 saturated heterocycles. The Labute approximate surface area is 146 Å². The molecule has 2 amide bonds. The highest BCUT2D eigenvalue weighted by atomic mass is 16.5. The van der Waals surface area contributed by atoms with Gasteiger partial charge in [0.1, 0.15) is 16.9 Å². The zero-order valence-electron chi connectivity index (χ0n) is 14.6. The van der Waals surface area contributed by atoms with Crippen molar-refractivity contribution in [2.75, 3.05) is 0 Å². The van der Waals surface area contributed by atoms with Crippen LogP contribution in [-0.4, -0.2) is 32.7 Å². The van der Waals surface area contributed by atoms with E-state index in [1.807, 2.05) is 19.9 Å². The highest BCUT2D eigenvalue weighted by molar-refractivity contribution is 5.99. The normalized spacial score (nSPS) is 17.2. The number of benzene rings is 1. The number of nitrogens with one attached hydrogen (secondary N) is 1. The number of nitrogens with two attached hydrogens (primary N) is 1. The van der Waals surface area contributed by atoms with Gasteiger partial charge in [-0.25, -0.2) is 0 Å². The Kier molecular flexibility index (Phi) is 4.02. The van der Waals surface area contributed by atoms with Crippen molar-refractivity contribution in [1.29, 1.82) is 0 Å². The molecule has 3 rings (SSSR count). The molecule has 1 aromatic carbocycles. The molecular weight excluding hydrogens is 320 g/mol. The van der Waals surface area contributed by atoms with E-state index in [1.54, 1.807) is 42.2 Å². The van der Waals surface area contributed by atoms with Crippen LogP contribution in [0.15, 0.2) is 36.7 Å². The highest BCUT2D eigenvalue weighted by Crippen LogP contribution is 2.35. The molecule has 7 nitrogen and oxygen atoms in total. The van der Waals surface area contributed by atoms with Gasteiger partial charge < -0.3 is 15.8 Å². The molecule has 0 aliphatic carbocycles. The summed E-state index contributed by atoms with van der Waals surface area (Å²) in [6.45, 7) is 5.74. The second kappa shape index (κ2) is 5.91. The second-order valence-corrected chi connectivity index (χ2v) is 7.22. The first-order chi connectivity index (χ1) is 11.7. The Morgan fingerprint density at radius 1 is 1.44 bits per heavy atom. The van der Waals surface area contributed by atoms with Gasteiger partial charge in [-0.1, -0.05) is 6.07 Å². The van der Waals surface area contributed by atoms with E-state index in [2.05, 4.69) is 10.4 Å². The lowest BCUT2D eigenvalue weighted by molar-refractivity contribution is -0.124. The topological polar surface area (TPSA) is 99.2 Å². The van der Waals surface area contributed by atoms with E-state index in [1.165, 1.54) is 0 Å². The molecule has 7 heteroatoms. The van der Waals surface area contributed by atoms with E-state index in [9.17, 15) is 9.59 Å². The fraction of sp³-hybridized carbons (Fsp3) is 0.389. The van der Waals surface area contributed by atoms with Crippen LogP contribution in [-0.2, 0) is 17.8 Å². The van der Waals surface area contributed by atoms with Gasteiger partial charge in [-0.15, -0.1) is 0 Å². The van der Waals surface area contributed by atoms with Crippen molar-refractivity contribution in [3.8, 4) is 5.75 Å². The van der Waals surface area contributed by atoms with Gasteiger partial charge in [0.15, 0.2) is 0 Å². The third-order valence-corrected chi connectivity index (χ3v) is 4.30. The zero-order valence-corrected chi connectivity index (χ0v) is 14.6. The van der Waals surface area contributed by atoms with Crippen LogP contribution < -0.4 is 15.8 Å². The molecule has 0 saturated carbocycles. The lowest BCUT2D eigenvalue weighted by Gasteiger charge is -2.27. The van der Waals surface area contributed by atoms with Crippen molar-refractivity contribution in [2.45, 2.75) is 44.9 Å². The van der Waals surface area contributed by atoms with E-state index in [0.29, 0.717) is 11.3 Å². The molecule has 1 unspecified atom stereocenters. The fourth-order valence-corrected chi connectivity index (χ4v) is 2.95. The van der Waals surface area contributed by atoms with E-state index in [-0.39, 0.29) is 18.1 Å². The number of hydrogen-bond donors (Lipinski definition) is 2. The third-order valence-electron chi connectivity index (χ3n) is 4.30. The van der Waals surface area contributed by atoms with Gasteiger partial charge in [0.2, 0.25) is 5.91 Å². The maximum absolute atomic E-state index is 12.7. The first-order valence-electron chi connectivity index (χ1n) is 8.10. The van der Waals surface area contributed by atoms with Crippen molar-refractivity contribution in [1.82, 2.24) is 15.1 Å². The molecule has 1 aromatic heterocycles. The number of nitrogens with zero attached hydrogens (tertiary/aromatic N) is 2. The summed E-state index contributed by atoms with van der Waals surface area (Å²) in [7, 11) is 0. The summed E-state index contributed by atoms with van der Waals surface area (Å²) in [5.74, 6) is -0.315. The van der Waals surface area contributed by atoms with Gasteiger partial charge >= 0.3 is 0 Å². The SMILES string of the molecule is CC1(C)Cc2ccc(C(=O)NC(C)(Cn3cccn3)C(N)=O)cc2O1. The fourth-order valence-electron chi connectivity index (χ4n) is 2.95. The predicted molar refractivity (Wildman–Crippen MR) is 92.1 cm³/mol. The Morgan fingerprint density at radius 3 is 2.84 bits per heavy atom. The molecule has 132 valence electrons. The predicted octanol–water partition coefficient (Wildman–Crippen LogP) is 1.27. The Hall–Kier alpha value is -2.83. The average molecular weight is 342 g/mol. The van der Waals surface area contributed by atoms with E-state index >= 15 is 0 Å². The van der Waals surface area contributed by atoms with E-state index in [0.717, 1.165) is 12.0 Å². The number of fused-ring (bicyclic) bond motifs is 1. The summed E-state index contributed by atoms with van der Waals surface area (Å²) in [5.41, 5.74) is 5.47. The lowest BCUT2D eigenvalue weighted by atomic mass is 9.99. The van der Waals surface area contributed by atoms with Crippen LogP contribution in [0.5, 0.6) is 5.75 Å². The number of amides is 2. The van der Waals surface area contributed by atoms with Crippen LogP contribution >= 0.6 is 0 Å². The molecule has 2 aromatic rings. The van der Waals surface area contributed by atoms with E-state index < -0.39 is 11.4 Å². The van der Waals surface area contributed by atoms with Crippen molar-refractivity contribution < 1.29 is 14.3 Å². The molecule has 3 N–H and O–H groups in total. The number of carbonyl (C=O) groups is 2. The quantitative estimate of drug-likeness (QED) is 0.855. The number of carbonyl (C=O) groups excluding carboxylic acids is 2. The summed E-state index contributed by atoms with van der Waals surface area (Å²) in [6.07, 6.45) is 4.10. The maximum atomic E-state index is 12.7. The first-order valence-corrected chi connectivity index (χ1v) is 8.10. The smallest absolute Gasteiger partial charge is 0.252 e. The van der Waals surface area contributed by atoms with Gasteiger partial charge in [0.25, 0.3) is 5.91 Å². The number of hydrogen-bond acceptors (Lipinski definition) is 4. The van der Waals surface area contributed by atoms with Gasteiger partial charge in [0.05, 0.1) is 6.54 Å². The van der Waals surface area contributed by atoms with Crippen LogP contribution in [0.2, 0.25) is 0 Å². The van der Waals surface area contributed by atoms with Gasteiger partial charge in [-0.05, 0) is 44.5 Å². The molecular formula is C18H22N4O3. The summed E-state index contributed by atoms with van der Waals surface area (Å²) < 4.78 is 7.42. The molecule has 1 aliphatic heterocycles. The Balaban J connectivity index is 1.80. The molecule has 0 fully saturated rings. The molecule has 2 heterocycles. The molecule has 1 aliphatic rings. The van der Waals surface area contributed by atoms with Crippen molar-refractivity contribution in [2.24, 2.45) is 5.73 Å². The highest BCUT2D eigenvalue weighted by Gasteiger charge is 2.35. The summed E-state index contributed by atoms with van der Waals surface area (Å²) in [5, 5.41) is 6.79. The summed E-state index contributed by atoms with van der Waals surface area (Å²) in [4.78, 5) is 24.6. The molecule has 0 spiro atoms. The molecule has 0 bridgehead atoms. The van der Waals surface area contributed by atoms with Crippen LogP contribution in [0.3, 0.4) is 0 Å². The van der Waals surface area contributed by atoms with Crippen LogP contribution in [0.4, 0.5) is 0 Å². The minimum Gasteiger partial charge on any atom is -0.487 e.